The van der Waals surface area contributed by atoms with E-state index in [0.29, 0.717) is 40.5 Å². The summed E-state index contributed by atoms with van der Waals surface area (Å²) < 4.78 is 5.10. The second-order valence-electron chi connectivity index (χ2n) is 8.42. The molecule has 0 aliphatic carbocycles. The van der Waals surface area contributed by atoms with Crippen molar-refractivity contribution in [2.45, 2.75) is 40.7 Å². The molecule has 2 N–H and O–H groups in total. The van der Waals surface area contributed by atoms with Gasteiger partial charge in [0.05, 0.1) is 18.2 Å². The molecule has 2 aromatic rings. The number of aliphatic hydroxyl groups is 1. The average Bonchev–Trinajstić information content (AvgIpc) is 3.27. The van der Waals surface area contributed by atoms with Crippen molar-refractivity contribution in [3.05, 3.63) is 62.9 Å². The zero-order valence-corrected chi connectivity index (χ0v) is 21.5. The van der Waals surface area contributed by atoms with Gasteiger partial charge in [-0.15, -0.1) is 0 Å². The van der Waals surface area contributed by atoms with Crippen LogP contribution in [-0.4, -0.2) is 70.3 Å². The molecule has 1 fully saturated rings. The number of carbonyl (C=O) groups excluding carboxylic acids is 3. The lowest BCUT2D eigenvalue weighted by Gasteiger charge is -2.28. The van der Waals surface area contributed by atoms with Crippen LogP contribution in [0.5, 0.6) is 0 Å². The van der Waals surface area contributed by atoms with Crippen LogP contribution in [0.15, 0.2) is 29.8 Å². The second-order valence-corrected chi connectivity index (χ2v) is 8.85. The van der Waals surface area contributed by atoms with Gasteiger partial charge in [0.2, 0.25) is 0 Å². The van der Waals surface area contributed by atoms with E-state index in [1.807, 2.05) is 13.8 Å². The number of benzene rings is 1. The number of amides is 1. The summed E-state index contributed by atoms with van der Waals surface area (Å²) in [7, 11) is 0. The Morgan fingerprint density at radius 2 is 1.77 bits per heavy atom. The first-order valence-corrected chi connectivity index (χ1v) is 12.2. The third-order valence-corrected chi connectivity index (χ3v) is 6.68. The largest absolute Gasteiger partial charge is 0.507 e. The van der Waals surface area contributed by atoms with Gasteiger partial charge < -0.3 is 24.6 Å². The SMILES string of the molecule is CCOC(=O)c1[nH]c(C)c(C(O)=C2C(=O)C(=O)N(CCN(CC)CC)C2c2ccc(Cl)cc2)c1C. The number of ketones is 1. The van der Waals surface area contributed by atoms with Crippen LogP contribution < -0.4 is 0 Å². The first-order chi connectivity index (χ1) is 16.7. The van der Waals surface area contributed by atoms with Crippen LogP contribution in [0.2, 0.25) is 5.02 Å². The Balaban J connectivity index is 2.16. The number of nitrogens with zero attached hydrogens (tertiary/aromatic N) is 2. The van der Waals surface area contributed by atoms with Crippen molar-refractivity contribution in [1.82, 2.24) is 14.8 Å². The number of likely N-dealkylation sites (N-methyl/N-ethyl adjacent to an activating group) is 1. The first-order valence-electron chi connectivity index (χ1n) is 11.8. The highest BCUT2D eigenvalue weighted by Gasteiger charge is 2.46. The number of carbonyl (C=O) groups is 3. The molecule has 188 valence electrons. The molecule has 1 atom stereocenters. The number of aromatic amines is 1. The van der Waals surface area contributed by atoms with Gasteiger partial charge in [0.25, 0.3) is 11.7 Å². The minimum atomic E-state index is -0.789. The van der Waals surface area contributed by atoms with E-state index in [9.17, 15) is 19.5 Å². The Morgan fingerprint density at radius 1 is 1.14 bits per heavy atom. The first kappa shape index (κ1) is 26.5. The molecule has 2 heterocycles. The summed E-state index contributed by atoms with van der Waals surface area (Å²) in [5, 5.41) is 12.0. The van der Waals surface area contributed by atoms with Gasteiger partial charge in [-0.1, -0.05) is 37.6 Å². The normalized spacial score (nSPS) is 17.5. The zero-order chi connectivity index (χ0) is 25.9. The third kappa shape index (κ3) is 5.13. The molecule has 9 heteroatoms. The number of likely N-dealkylation sites (tertiary alicyclic amines) is 1. The maximum absolute atomic E-state index is 13.3. The number of aliphatic hydroxyl groups excluding tert-OH is 1. The van der Waals surface area contributed by atoms with Crippen molar-refractivity contribution < 1.29 is 24.2 Å². The molecule has 1 unspecified atom stereocenters. The molecule has 1 aliphatic rings. The van der Waals surface area contributed by atoms with E-state index < -0.39 is 23.7 Å². The molecule has 1 aliphatic heterocycles. The number of ether oxygens (including phenoxy) is 1. The number of rotatable bonds is 9. The van der Waals surface area contributed by atoms with Gasteiger partial charge >= 0.3 is 5.97 Å². The minimum Gasteiger partial charge on any atom is -0.507 e. The van der Waals surface area contributed by atoms with Crippen LogP contribution in [0, 0.1) is 13.8 Å². The van der Waals surface area contributed by atoms with Gasteiger partial charge in [-0.3, -0.25) is 9.59 Å². The molecule has 1 aromatic heterocycles. The molecular weight excluding hydrogens is 470 g/mol. The minimum absolute atomic E-state index is 0.0162. The van der Waals surface area contributed by atoms with E-state index in [1.165, 1.54) is 4.90 Å². The summed E-state index contributed by atoms with van der Waals surface area (Å²) in [5.74, 6) is -2.31. The summed E-state index contributed by atoms with van der Waals surface area (Å²) in [4.78, 5) is 45.4. The predicted molar refractivity (Wildman–Crippen MR) is 134 cm³/mol. The number of halogens is 1. The summed E-state index contributed by atoms with van der Waals surface area (Å²) in [5.41, 5.74) is 2.09. The lowest BCUT2D eigenvalue weighted by Crippen LogP contribution is -2.38. The maximum Gasteiger partial charge on any atom is 0.355 e. The van der Waals surface area contributed by atoms with Crippen molar-refractivity contribution >= 4 is 35.0 Å². The standard InChI is InChI=1S/C26H32ClN3O5/c1-6-29(7-2)13-14-30-22(17-9-11-18(27)12-10-17)20(24(32)25(30)33)23(31)19-15(4)21(28-16(19)5)26(34)35-8-3/h9-12,22,28,31H,6-8,13-14H2,1-5H3. The van der Waals surface area contributed by atoms with Crippen molar-refractivity contribution in [3.63, 3.8) is 0 Å². The van der Waals surface area contributed by atoms with E-state index in [2.05, 4.69) is 9.88 Å². The Bertz CT molecular complexity index is 1150. The maximum atomic E-state index is 13.3. The van der Waals surface area contributed by atoms with E-state index in [4.69, 9.17) is 16.3 Å². The van der Waals surface area contributed by atoms with E-state index in [-0.39, 0.29) is 23.6 Å². The molecule has 8 nitrogen and oxygen atoms in total. The number of aryl methyl sites for hydroxylation is 1. The third-order valence-electron chi connectivity index (χ3n) is 6.43. The molecule has 3 rings (SSSR count). The van der Waals surface area contributed by atoms with Gasteiger partial charge in [-0.2, -0.15) is 0 Å². The quantitative estimate of drug-likeness (QED) is 0.231. The van der Waals surface area contributed by atoms with Gasteiger partial charge in [-0.05, 0) is 57.1 Å². The van der Waals surface area contributed by atoms with Gasteiger partial charge in [0.15, 0.2) is 0 Å². The van der Waals surface area contributed by atoms with Crippen LogP contribution in [0.1, 0.15) is 59.7 Å². The molecule has 0 bridgehead atoms. The highest BCUT2D eigenvalue weighted by atomic mass is 35.5. The van der Waals surface area contributed by atoms with E-state index in [1.54, 1.807) is 45.0 Å². The van der Waals surface area contributed by atoms with Crippen molar-refractivity contribution in [2.75, 3.05) is 32.8 Å². The second kappa shape index (κ2) is 11.1. The molecule has 0 spiro atoms. The Kier molecular flexibility index (Phi) is 8.40. The fourth-order valence-electron chi connectivity index (χ4n) is 4.54. The summed E-state index contributed by atoms with van der Waals surface area (Å²) in [6.45, 7) is 11.8. The van der Waals surface area contributed by atoms with Gasteiger partial charge in [0, 0.05) is 29.4 Å². The fraction of sp³-hybridized carbons (Fsp3) is 0.423. The number of Topliss-reactive ketones (excluding diaryl/α,β-unsaturated/α-hetero) is 1. The molecule has 1 amide bonds. The molecule has 35 heavy (non-hydrogen) atoms. The zero-order valence-electron chi connectivity index (χ0n) is 20.8. The summed E-state index contributed by atoms with van der Waals surface area (Å²) >= 11 is 6.08. The monoisotopic (exact) mass is 501 g/mol. The van der Waals surface area contributed by atoms with Crippen LogP contribution in [0.4, 0.5) is 0 Å². The Morgan fingerprint density at radius 3 is 2.34 bits per heavy atom. The number of aromatic nitrogens is 1. The number of hydrogen-bond donors (Lipinski definition) is 2. The van der Waals surface area contributed by atoms with Crippen LogP contribution in [0.3, 0.4) is 0 Å². The lowest BCUT2D eigenvalue weighted by atomic mass is 9.94. The molecule has 1 aromatic carbocycles. The van der Waals surface area contributed by atoms with Crippen LogP contribution >= 0.6 is 11.6 Å². The van der Waals surface area contributed by atoms with Crippen molar-refractivity contribution in [3.8, 4) is 0 Å². The van der Waals surface area contributed by atoms with Crippen molar-refractivity contribution in [2.24, 2.45) is 0 Å². The Hall–Kier alpha value is -3.10. The summed E-state index contributed by atoms with van der Waals surface area (Å²) in [6, 6.07) is 6.08. The van der Waals surface area contributed by atoms with Crippen LogP contribution in [-0.2, 0) is 14.3 Å². The number of hydrogen-bond acceptors (Lipinski definition) is 6. The Labute approximate surface area is 210 Å². The smallest absolute Gasteiger partial charge is 0.355 e. The molecule has 1 saturated heterocycles. The highest BCUT2D eigenvalue weighted by Crippen LogP contribution is 2.41. The van der Waals surface area contributed by atoms with Gasteiger partial charge in [-0.25, -0.2) is 4.79 Å². The number of H-pyrrole nitrogens is 1. The topological polar surface area (TPSA) is 103 Å². The number of esters is 1. The predicted octanol–water partition coefficient (Wildman–Crippen LogP) is 4.23. The van der Waals surface area contributed by atoms with E-state index in [0.717, 1.165) is 13.1 Å². The fourth-order valence-corrected chi connectivity index (χ4v) is 4.66. The molecular formula is C26H32ClN3O5. The van der Waals surface area contributed by atoms with E-state index >= 15 is 0 Å². The van der Waals surface area contributed by atoms with Crippen LogP contribution in [0.25, 0.3) is 5.76 Å². The number of nitrogens with one attached hydrogen (secondary N) is 1. The summed E-state index contributed by atoms with van der Waals surface area (Å²) in [6.07, 6.45) is 0. The lowest BCUT2D eigenvalue weighted by molar-refractivity contribution is -0.140. The van der Waals surface area contributed by atoms with Gasteiger partial charge in [0.1, 0.15) is 11.5 Å². The van der Waals surface area contributed by atoms with Crippen molar-refractivity contribution in [1.29, 1.82) is 0 Å². The molecule has 0 saturated carbocycles. The molecule has 0 radical (unpaired) electrons. The highest BCUT2D eigenvalue weighted by molar-refractivity contribution is 6.46. The average molecular weight is 502 g/mol.